The van der Waals surface area contributed by atoms with Crippen molar-refractivity contribution in [3.8, 4) is 0 Å². The van der Waals surface area contributed by atoms with Gasteiger partial charge in [0.25, 0.3) is 0 Å². The number of halogens is 2. The summed E-state index contributed by atoms with van der Waals surface area (Å²) in [6.45, 7) is 0. The van der Waals surface area contributed by atoms with Crippen LogP contribution in [0.15, 0.2) is 0 Å². The van der Waals surface area contributed by atoms with Crippen LogP contribution in [0.3, 0.4) is 0 Å². The molecule has 5 heteroatoms. The second kappa shape index (κ2) is 6.46. The molecule has 0 heterocycles. The van der Waals surface area contributed by atoms with Crippen molar-refractivity contribution >= 4 is 20.4 Å². The first-order chi connectivity index (χ1) is 3.81. The van der Waals surface area contributed by atoms with Crippen molar-refractivity contribution in [1.29, 1.82) is 0 Å². The van der Waals surface area contributed by atoms with Gasteiger partial charge in [0.1, 0.15) is 0 Å². The van der Waals surface area contributed by atoms with E-state index >= 15 is 0 Å². The third-order valence-electron chi connectivity index (χ3n) is 0.371. The Balaban J connectivity index is 2.92. The summed E-state index contributed by atoms with van der Waals surface area (Å²) < 4.78 is 6.30. The van der Waals surface area contributed by atoms with Crippen LogP contribution in [0.2, 0.25) is 0 Å². The molecule has 0 bridgehead atoms. The van der Waals surface area contributed by atoms with E-state index in [0.29, 0.717) is 0 Å². The van der Waals surface area contributed by atoms with Crippen LogP contribution >= 0.6 is 20.4 Å². The zero-order valence-corrected chi connectivity index (χ0v) is 9.48. The Morgan fingerprint density at radius 1 is 1.62 bits per heavy atom. The first-order valence-electron chi connectivity index (χ1n) is 1.94. The molecule has 0 aromatic rings. The zero-order valence-electron chi connectivity index (χ0n) is 5.16. The summed E-state index contributed by atoms with van der Waals surface area (Å²) in [6.07, 6.45) is 0. The van der Waals surface area contributed by atoms with Gasteiger partial charge in [0.05, 0.1) is 0 Å². The molecule has 0 radical (unpaired) electrons. The van der Waals surface area contributed by atoms with Gasteiger partial charge in [0, 0.05) is 0 Å². The Morgan fingerprint density at radius 2 is 2.25 bits per heavy atom. The van der Waals surface area contributed by atoms with Gasteiger partial charge >= 0.3 is 69.1 Å². The molecule has 0 saturated heterocycles. The van der Waals surface area contributed by atoms with Gasteiger partial charge in [-0.2, -0.15) is 0 Å². The molecule has 2 N–H and O–H groups in total. The second-order valence-electron chi connectivity index (χ2n) is 1.01. The predicted octanol–water partition coefficient (Wildman–Crippen LogP) is -2.67. The molecule has 54 valence electrons. The van der Waals surface area contributed by atoms with Crippen LogP contribution in [0.25, 0.3) is 0 Å². The molecule has 0 unspecified atom stereocenters. The SMILES string of the molecule is CONI(C)N[I-]C. The molecule has 3 nitrogen and oxygen atoms in total. The van der Waals surface area contributed by atoms with Gasteiger partial charge in [-0.1, -0.05) is 0 Å². The van der Waals surface area contributed by atoms with Gasteiger partial charge < -0.3 is 0 Å². The van der Waals surface area contributed by atoms with Crippen molar-refractivity contribution in [3.63, 3.8) is 0 Å². The van der Waals surface area contributed by atoms with Crippen LogP contribution in [-0.4, -0.2) is 17.0 Å². The summed E-state index contributed by atoms with van der Waals surface area (Å²) in [5, 5.41) is 0. The number of nitrogens with one attached hydrogen (secondary N) is 2. The van der Waals surface area contributed by atoms with E-state index in [4.69, 9.17) is 4.84 Å². The Morgan fingerprint density at radius 3 is 2.62 bits per heavy atom. The Bertz CT molecular complexity index is 48.5. The third-order valence-corrected chi connectivity index (χ3v) is 9.33. The number of alkyl halides is 2. The molecular weight excluding hydrogens is 334 g/mol. The van der Waals surface area contributed by atoms with Crippen molar-refractivity contribution in [3.05, 3.63) is 0 Å². The van der Waals surface area contributed by atoms with Crippen LogP contribution < -0.4 is 26.9 Å². The molecule has 0 amide bonds. The molecule has 0 aliphatic rings. The molecule has 0 aliphatic heterocycles. The molecule has 0 atom stereocenters. The molecule has 0 rings (SSSR count). The van der Waals surface area contributed by atoms with Crippen LogP contribution in [0.1, 0.15) is 0 Å². The first-order valence-corrected chi connectivity index (χ1v) is 9.49. The molecular formula is C3H11I2N2O-. The fourth-order valence-electron chi connectivity index (χ4n) is 0.237. The van der Waals surface area contributed by atoms with Gasteiger partial charge in [0.2, 0.25) is 0 Å². The van der Waals surface area contributed by atoms with E-state index in [1.54, 1.807) is 7.11 Å². The van der Waals surface area contributed by atoms with Crippen molar-refractivity contribution in [1.82, 2.24) is 5.44 Å². The van der Waals surface area contributed by atoms with E-state index in [2.05, 4.69) is 15.3 Å². The predicted molar refractivity (Wildman–Crippen MR) is 39.1 cm³/mol. The van der Waals surface area contributed by atoms with Crippen molar-refractivity contribution < 1.29 is 26.3 Å². The molecule has 0 saturated carbocycles. The van der Waals surface area contributed by atoms with Crippen LogP contribution in [-0.2, 0) is 4.84 Å². The van der Waals surface area contributed by atoms with Crippen LogP contribution in [0.5, 0.6) is 0 Å². The quantitative estimate of drug-likeness (QED) is 0.252. The maximum atomic E-state index is 4.73. The monoisotopic (exact) mass is 345 g/mol. The van der Waals surface area contributed by atoms with Crippen molar-refractivity contribution in [2.75, 3.05) is 17.0 Å². The fourth-order valence-corrected chi connectivity index (χ4v) is 6.25. The van der Waals surface area contributed by atoms with Gasteiger partial charge in [-0.05, 0) is 0 Å². The summed E-state index contributed by atoms with van der Waals surface area (Å²) in [7, 11) is 1.66. The van der Waals surface area contributed by atoms with Crippen molar-refractivity contribution in [2.45, 2.75) is 0 Å². The van der Waals surface area contributed by atoms with E-state index in [1.165, 1.54) is 0 Å². The minimum atomic E-state index is -1.02. The molecule has 0 aromatic heterocycles. The van der Waals surface area contributed by atoms with Gasteiger partial charge in [-0.15, -0.1) is 0 Å². The molecule has 0 aliphatic carbocycles. The van der Waals surface area contributed by atoms with Crippen LogP contribution in [0, 0.1) is 0 Å². The Kier molecular flexibility index (Phi) is 7.54. The summed E-state index contributed by atoms with van der Waals surface area (Å²) >= 11 is -0.793. The molecule has 0 aromatic carbocycles. The zero-order chi connectivity index (χ0) is 6.41. The number of rotatable bonds is 4. The second-order valence-corrected chi connectivity index (χ2v) is 8.37. The standard InChI is InChI=1S/C3H11I2N2O/c1-4-6-5(2)7-8-3/h6-7H,1-3H3/q-1. The summed E-state index contributed by atoms with van der Waals surface area (Å²) in [4.78, 5) is 9.11. The Labute approximate surface area is 68.6 Å². The summed E-state index contributed by atoms with van der Waals surface area (Å²) in [5.74, 6) is 0. The average Bonchev–Trinajstić information content (AvgIpc) is 1.68. The molecule has 0 spiro atoms. The van der Waals surface area contributed by atoms with Gasteiger partial charge in [-0.3, -0.25) is 0 Å². The van der Waals surface area contributed by atoms with E-state index in [-0.39, 0.29) is 21.5 Å². The third kappa shape index (κ3) is 5.48. The topological polar surface area (TPSA) is 33.3 Å². The number of hydrogen-bond acceptors (Lipinski definition) is 3. The minimum absolute atomic E-state index is 0.232. The van der Waals surface area contributed by atoms with Crippen molar-refractivity contribution in [2.24, 2.45) is 0 Å². The van der Waals surface area contributed by atoms with Gasteiger partial charge in [-0.25, -0.2) is 0 Å². The normalized spacial score (nSPS) is 12.1. The van der Waals surface area contributed by atoms with Crippen LogP contribution in [0.4, 0.5) is 0 Å². The first kappa shape index (κ1) is 9.34. The maximum absolute atomic E-state index is 4.73. The van der Waals surface area contributed by atoms with E-state index in [1.807, 2.05) is 0 Å². The van der Waals surface area contributed by atoms with E-state index in [0.717, 1.165) is 0 Å². The Hall–Kier alpha value is 1.34. The molecule has 0 fully saturated rings. The van der Waals surface area contributed by atoms with E-state index in [9.17, 15) is 0 Å². The molecule has 8 heavy (non-hydrogen) atoms. The summed E-state index contributed by atoms with van der Waals surface area (Å²) in [6, 6.07) is 0. The average molecular weight is 345 g/mol. The van der Waals surface area contributed by atoms with E-state index < -0.39 is 20.4 Å². The van der Waals surface area contributed by atoms with Gasteiger partial charge in [0.15, 0.2) is 0 Å². The fraction of sp³-hybridized carbons (Fsp3) is 1.00. The summed E-state index contributed by atoms with van der Waals surface area (Å²) in [5.41, 5.74) is 0. The number of hydrogen-bond donors (Lipinski definition) is 2.